The number of carboxylic acid groups (broad SMARTS) is 1. The van der Waals surface area contributed by atoms with Crippen molar-refractivity contribution in [3.8, 4) is 0 Å². The maximum atomic E-state index is 10.3. The van der Waals surface area contributed by atoms with E-state index in [0.717, 1.165) is 22.7 Å². The molecule has 2 rings (SSSR count). The standard InChI is InChI=1S/C12H12N2O2/c15-12(16)6-3-7-13-11-8-14-10-5-2-1-4-9(10)11/h1-6,8,13-14H,7H2,(H,15,16)/b6-3+. The Labute approximate surface area is 92.6 Å². The van der Waals surface area contributed by atoms with Gasteiger partial charge in [-0.3, -0.25) is 0 Å². The summed E-state index contributed by atoms with van der Waals surface area (Å²) in [6.07, 6.45) is 4.57. The lowest BCUT2D eigenvalue weighted by atomic mass is 10.2. The van der Waals surface area contributed by atoms with Crippen molar-refractivity contribution in [2.75, 3.05) is 11.9 Å². The molecule has 2 aromatic rings. The van der Waals surface area contributed by atoms with Crippen LogP contribution in [0.1, 0.15) is 0 Å². The Kier molecular flexibility index (Phi) is 2.91. The van der Waals surface area contributed by atoms with E-state index in [9.17, 15) is 4.79 Å². The van der Waals surface area contributed by atoms with Crippen molar-refractivity contribution in [1.29, 1.82) is 0 Å². The maximum absolute atomic E-state index is 10.3. The minimum absolute atomic E-state index is 0.494. The number of para-hydroxylation sites is 1. The van der Waals surface area contributed by atoms with E-state index >= 15 is 0 Å². The number of carboxylic acids is 1. The number of rotatable bonds is 4. The molecule has 0 aliphatic rings. The van der Waals surface area contributed by atoms with Gasteiger partial charge in [0.25, 0.3) is 0 Å². The molecule has 1 aromatic carbocycles. The van der Waals surface area contributed by atoms with E-state index in [-0.39, 0.29) is 0 Å². The summed E-state index contributed by atoms with van der Waals surface area (Å²) in [6, 6.07) is 7.93. The van der Waals surface area contributed by atoms with Crippen molar-refractivity contribution in [1.82, 2.24) is 4.98 Å². The number of hydrogen-bond donors (Lipinski definition) is 3. The lowest BCUT2D eigenvalue weighted by Gasteiger charge is -1.99. The molecule has 0 aliphatic heterocycles. The van der Waals surface area contributed by atoms with Crippen LogP contribution in [0.4, 0.5) is 5.69 Å². The first kappa shape index (κ1) is 10.3. The molecule has 4 heteroatoms. The molecular formula is C12H12N2O2. The van der Waals surface area contributed by atoms with Gasteiger partial charge in [-0.15, -0.1) is 0 Å². The van der Waals surface area contributed by atoms with Crippen molar-refractivity contribution in [2.45, 2.75) is 0 Å². The molecule has 0 spiro atoms. The first-order valence-corrected chi connectivity index (χ1v) is 4.97. The molecule has 3 N–H and O–H groups in total. The monoisotopic (exact) mass is 216 g/mol. The Morgan fingerprint density at radius 2 is 2.25 bits per heavy atom. The number of anilines is 1. The first-order chi connectivity index (χ1) is 7.77. The maximum Gasteiger partial charge on any atom is 0.328 e. The molecule has 0 unspecified atom stereocenters. The van der Waals surface area contributed by atoms with Gasteiger partial charge >= 0.3 is 5.97 Å². The Morgan fingerprint density at radius 3 is 3.06 bits per heavy atom. The van der Waals surface area contributed by atoms with E-state index in [0.29, 0.717) is 6.54 Å². The van der Waals surface area contributed by atoms with Crippen LogP contribution >= 0.6 is 0 Å². The van der Waals surface area contributed by atoms with Crippen molar-refractivity contribution in [2.24, 2.45) is 0 Å². The molecule has 0 saturated heterocycles. The van der Waals surface area contributed by atoms with Crippen molar-refractivity contribution < 1.29 is 9.90 Å². The highest BCUT2D eigenvalue weighted by Gasteiger charge is 1.99. The number of aromatic nitrogens is 1. The lowest BCUT2D eigenvalue weighted by molar-refractivity contribution is -0.131. The highest BCUT2D eigenvalue weighted by atomic mass is 16.4. The molecule has 0 aliphatic carbocycles. The summed E-state index contributed by atoms with van der Waals surface area (Å²) >= 11 is 0. The molecular weight excluding hydrogens is 204 g/mol. The third-order valence-corrected chi connectivity index (χ3v) is 2.26. The van der Waals surface area contributed by atoms with E-state index in [1.807, 2.05) is 30.5 Å². The van der Waals surface area contributed by atoms with Gasteiger partial charge in [0.05, 0.1) is 5.69 Å². The molecule has 1 heterocycles. The van der Waals surface area contributed by atoms with Gasteiger partial charge in [0.15, 0.2) is 0 Å². The van der Waals surface area contributed by atoms with Gasteiger partial charge in [-0.1, -0.05) is 24.3 Å². The largest absolute Gasteiger partial charge is 0.478 e. The number of fused-ring (bicyclic) bond motifs is 1. The van der Waals surface area contributed by atoms with Gasteiger partial charge in [0.2, 0.25) is 0 Å². The molecule has 16 heavy (non-hydrogen) atoms. The zero-order valence-electron chi connectivity index (χ0n) is 8.60. The quantitative estimate of drug-likeness (QED) is 0.686. The second-order valence-corrected chi connectivity index (χ2v) is 3.37. The second kappa shape index (κ2) is 4.53. The zero-order chi connectivity index (χ0) is 11.4. The SMILES string of the molecule is O=C(O)/C=C/CNc1c[nH]c2ccccc12. The molecule has 4 nitrogen and oxygen atoms in total. The van der Waals surface area contributed by atoms with E-state index < -0.39 is 5.97 Å². The predicted octanol–water partition coefficient (Wildman–Crippen LogP) is 2.22. The highest BCUT2D eigenvalue weighted by molar-refractivity contribution is 5.92. The highest BCUT2D eigenvalue weighted by Crippen LogP contribution is 2.21. The summed E-state index contributed by atoms with van der Waals surface area (Å²) in [5, 5.41) is 12.7. The third kappa shape index (κ3) is 2.23. The van der Waals surface area contributed by atoms with Crippen LogP contribution in [0.3, 0.4) is 0 Å². The number of carbonyl (C=O) groups is 1. The van der Waals surface area contributed by atoms with Crippen LogP contribution in [0.25, 0.3) is 10.9 Å². The molecule has 0 atom stereocenters. The molecule has 82 valence electrons. The van der Waals surface area contributed by atoms with Crippen LogP contribution in [0.15, 0.2) is 42.6 Å². The number of nitrogens with one attached hydrogen (secondary N) is 2. The summed E-state index contributed by atoms with van der Waals surface area (Å²) in [5.41, 5.74) is 2.04. The molecule has 0 fully saturated rings. The van der Waals surface area contributed by atoms with Gasteiger partial charge in [-0.25, -0.2) is 4.79 Å². The van der Waals surface area contributed by atoms with Crippen molar-refractivity contribution in [3.05, 3.63) is 42.6 Å². The van der Waals surface area contributed by atoms with Gasteiger partial charge in [0, 0.05) is 29.7 Å². The van der Waals surface area contributed by atoms with Gasteiger partial charge < -0.3 is 15.4 Å². The number of hydrogen-bond acceptors (Lipinski definition) is 2. The molecule has 0 amide bonds. The Morgan fingerprint density at radius 1 is 1.44 bits per heavy atom. The summed E-state index contributed by atoms with van der Waals surface area (Å²) < 4.78 is 0. The summed E-state index contributed by atoms with van der Waals surface area (Å²) in [5.74, 6) is -0.930. The molecule has 0 radical (unpaired) electrons. The van der Waals surface area contributed by atoms with Crippen LogP contribution in [-0.2, 0) is 4.79 Å². The summed E-state index contributed by atoms with van der Waals surface area (Å²) in [4.78, 5) is 13.4. The van der Waals surface area contributed by atoms with Crippen LogP contribution in [-0.4, -0.2) is 22.6 Å². The van der Waals surface area contributed by atoms with Crippen LogP contribution in [0, 0.1) is 0 Å². The average molecular weight is 216 g/mol. The average Bonchev–Trinajstić information content (AvgIpc) is 2.68. The fourth-order valence-electron chi connectivity index (χ4n) is 1.55. The van der Waals surface area contributed by atoms with Crippen molar-refractivity contribution in [3.63, 3.8) is 0 Å². The summed E-state index contributed by atoms with van der Waals surface area (Å²) in [6.45, 7) is 0.494. The summed E-state index contributed by atoms with van der Waals surface area (Å²) in [7, 11) is 0. The molecule has 0 saturated carbocycles. The van der Waals surface area contributed by atoms with E-state index in [2.05, 4.69) is 10.3 Å². The molecule has 0 bridgehead atoms. The number of aliphatic carboxylic acids is 1. The Hall–Kier alpha value is -2.23. The number of aromatic amines is 1. The lowest BCUT2D eigenvalue weighted by Crippen LogP contribution is -1.98. The van der Waals surface area contributed by atoms with Crippen molar-refractivity contribution >= 4 is 22.6 Å². The van der Waals surface area contributed by atoms with Crippen LogP contribution in [0.5, 0.6) is 0 Å². The van der Waals surface area contributed by atoms with E-state index in [4.69, 9.17) is 5.11 Å². The second-order valence-electron chi connectivity index (χ2n) is 3.37. The van der Waals surface area contributed by atoms with Gasteiger partial charge in [-0.05, 0) is 6.07 Å². The normalized spacial score (nSPS) is 11.0. The van der Waals surface area contributed by atoms with Crippen LogP contribution < -0.4 is 5.32 Å². The zero-order valence-corrected chi connectivity index (χ0v) is 8.60. The number of benzene rings is 1. The minimum Gasteiger partial charge on any atom is -0.478 e. The molecule has 1 aromatic heterocycles. The van der Waals surface area contributed by atoms with Gasteiger partial charge in [0.1, 0.15) is 0 Å². The first-order valence-electron chi connectivity index (χ1n) is 4.97. The predicted molar refractivity (Wildman–Crippen MR) is 63.6 cm³/mol. The van der Waals surface area contributed by atoms with Gasteiger partial charge in [-0.2, -0.15) is 0 Å². The smallest absolute Gasteiger partial charge is 0.328 e. The Balaban J connectivity index is 2.07. The van der Waals surface area contributed by atoms with E-state index in [1.54, 1.807) is 6.08 Å². The fraction of sp³-hybridized carbons (Fsp3) is 0.0833. The van der Waals surface area contributed by atoms with E-state index in [1.165, 1.54) is 0 Å². The Bertz CT molecular complexity index is 529. The topological polar surface area (TPSA) is 65.1 Å². The fourth-order valence-corrected chi connectivity index (χ4v) is 1.55. The number of H-pyrrole nitrogens is 1. The third-order valence-electron chi connectivity index (χ3n) is 2.26. The van der Waals surface area contributed by atoms with Crippen LogP contribution in [0.2, 0.25) is 0 Å². The minimum atomic E-state index is -0.930.